The van der Waals surface area contributed by atoms with Crippen molar-refractivity contribution in [1.29, 1.82) is 0 Å². The van der Waals surface area contributed by atoms with Crippen molar-refractivity contribution in [3.05, 3.63) is 0 Å². The maximum atomic E-state index is 10.1. The number of hydrogen-bond acceptors (Lipinski definition) is 5. The second-order valence-electron chi connectivity index (χ2n) is 3.03. The van der Waals surface area contributed by atoms with Gasteiger partial charge in [-0.05, 0) is 0 Å². The van der Waals surface area contributed by atoms with E-state index >= 15 is 0 Å². The summed E-state index contributed by atoms with van der Waals surface area (Å²) < 4.78 is 0. The molecule has 0 saturated carbocycles. The molecule has 0 unspecified atom stereocenters. The number of carbonyl (C=O) groups excluding carboxylic acids is 2. The summed E-state index contributed by atoms with van der Waals surface area (Å²) in [5, 5.41) is 28.7. The van der Waals surface area contributed by atoms with Crippen LogP contribution in [0.25, 0.3) is 0 Å². The molecule has 0 fully saturated rings. The summed E-state index contributed by atoms with van der Waals surface area (Å²) in [5.74, 6) is -3.25. The second-order valence-corrected chi connectivity index (χ2v) is 3.03. The van der Waals surface area contributed by atoms with Gasteiger partial charge in [-0.2, -0.15) is 0 Å². The fourth-order valence-corrected chi connectivity index (χ4v) is 0.118. The van der Waals surface area contributed by atoms with Crippen molar-refractivity contribution < 1.29 is 24.9 Å². The molecule has 6 heteroatoms. The van der Waals surface area contributed by atoms with Crippen LogP contribution < -0.4 is 15.3 Å². The van der Waals surface area contributed by atoms with Crippen molar-refractivity contribution >= 4 is 35.0 Å². The van der Waals surface area contributed by atoms with Crippen LogP contribution in [0.2, 0.25) is 0 Å². The maximum Gasteiger partial charge on any atom is 2.00 e. The van der Waals surface area contributed by atoms with E-state index in [0.29, 0.717) is 0 Å². The molecule has 0 aromatic carbocycles. The molecule has 0 aliphatic carbocycles. The summed E-state index contributed by atoms with van der Waals surface area (Å²) >= 11 is 0. The van der Waals surface area contributed by atoms with Gasteiger partial charge in [0.25, 0.3) is 0 Å². The molecule has 5 nitrogen and oxygen atoms in total. The van der Waals surface area contributed by atoms with E-state index < -0.39 is 24.0 Å². The van der Waals surface area contributed by atoms with E-state index in [1.807, 2.05) is 0 Å². The molecule has 0 radical (unpaired) electrons. The van der Waals surface area contributed by atoms with E-state index in [0.717, 1.165) is 0 Å². The van der Waals surface area contributed by atoms with Gasteiger partial charge < -0.3 is 24.9 Å². The van der Waals surface area contributed by atoms with Crippen LogP contribution in [-0.2, 0) is 9.59 Å². The molecule has 0 N–H and O–H groups in total. The first-order chi connectivity index (χ1) is 5.13. The van der Waals surface area contributed by atoms with Gasteiger partial charge in [0, 0.05) is 18.4 Å². The van der Waals surface area contributed by atoms with Gasteiger partial charge in [-0.3, -0.25) is 0 Å². The fourth-order valence-electron chi connectivity index (χ4n) is 0.118. The molecule has 0 atom stereocenters. The van der Waals surface area contributed by atoms with Crippen molar-refractivity contribution in [2.75, 3.05) is 0 Å². The zero-order valence-electron chi connectivity index (χ0n) is 7.96. The predicted octanol–water partition coefficient (Wildman–Crippen LogP) is -3.36. The van der Waals surface area contributed by atoms with Gasteiger partial charge in [0.1, 0.15) is 0 Å². The summed E-state index contributed by atoms with van der Waals surface area (Å²) in [4.78, 5) is 18.6. The zero-order valence-corrected chi connectivity index (χ0v) is 9.37. The fraction of sp³-hybridized carbons (Fsp3) is 0.714. The van der Waals surface area contributed by atoms with Gasteiger partial charge in [-0.1, -0.05) is 20.8 Å². The molecule has 72 valence electrons. The summed E-state index contributed by atoms with van der Waals surface area (Å²) in [6.45, 7) is 4.90. The first-order valence-electron chi connectivity index (χ1n) is 3.23. The van der Waals surface area contributed by atoms with Crippen molar-refractivity contribution in [2.24, 2.45) is 0 Å². The van der Waals surface area contributed by atoms with Gasteiger partial charge in [0.15, 0.2) is 0 Å². The Kier molecular flexibility index (Phi) is 11.7. The molecule has 0 rings (SSSR count). The number of carboxylic acids is 2. The van der Waals surface area contributed by atoms with E-state index in [-0.39, 0.29) is 23.1 Å². The van der Waals surface area contributed by atoms with Crippen LogP contribution in [0.1, 0.15) is 27.2 Å². The van der Waals surface area contributed by atoms with Crippen molar-refractivity contribution in [2.45, 2.75) is 32.8 Å². The minimum absolute atomic E-state index is 0. The molecule has 0 saturated heterocycles. The van der Waals surface area contributed by atoms with E-state index in [9.17, 15) is 24.9 Å². The molecule has 0 heterocycles. The molecule has 13 heavy (non-hydrogen) atoms. The molecular weight excluding hydrogens is 188 g/mol. The average Bonchev–Trinajstić information content (AvgIpc) is 1.52. The van der Waals surface area contributed by atoms with Crippen molar-refractivity contribution in [1.82, 2.24) is 0 Å². The largest absolute Gasteiger partial charge is 2.00 e. The standard InChI is InChI=1S/C4H9O.C3H4O4.Mg/c1-4(2,3)5;4-2(5)1-3(6)7;/h1-3H3;1H2,(H,4,5)(H,6,7);/q-1;;+2/p-2. The van der Waals surface area contributed by atoms with Gasteiger partial charge in [0.05, 0.1) is 0 Å². The molecule has 0 bridgehead atoms. The number of carboxylic acid groups (broad SMARTS) is 2. The molecule has 0 amide bonds. The minimum Gasteiger partial charge on any atom is -0.850 e. The molecule has 0 aromatic heterocycles. The van der Waals surface area contributed by atoms with E-state index in [1.165, 1.54) is 0 Å². The SMILES string of the molecule is CC(C)(C)[O-].O=C([O-])CC(=O)[O-].[Mg+2]. The smallest absolute Gasteiger partial charge is 0.850 e. The molecule has 0 spiro atoms. The van der Waals surface area contributed by atoms with Gasteiger partial charge >= 0.3 is 23.1 Å². The van der Waals surface area contributed by atoms with Gasteiger partial charge in [-0.25, -0.2) is 0 Å². The van der Waals surface area contributed by atoms with Gasteiger partial charge in [0.2, 0.25) is 0 Å². The third-order valence-electron chi connectivity index (χ3n) is 0.289. The summed E-state index contributed by atoms with van der Waals surface area (Å²) in [7, 11) is 0. The third kappa shape index (κ3) is 81.1. The van der Waals surface area contributed by atoms with E-state index in [2.05, 4.69) is 0 Å². The Labute approximate surface area is 92.9 Å². The first kappa shape index (κ1) is 18.4. The minimum atomic E-state index is -1.63. The average molecular weight is 199 g/mol. The quantitative estimate of drug-likeness (QED) is 0.341. The van der Waals surface area contributed by atoms with E-state index in [4.69, 9.17) is 0 Å². The Balaban J connectivity index is -0.000000150. The van der Waals surface area contributed by atoms with Crippen molar-refractivity contribution in [3.8, 4) is 0 Å². The summed E-state index contributed by atoms with van der Waals surface area (Å²) in [6.07, 6.45) is -1.03. The number of hydrogen-bond donors (Lipinski definition) is 0. The Bertz CT molecular complexity index is 143. The molecule has 0 aromatic rings. The van der Waals surface area contributed by atoms with Crippen molar-refractivity contribution in [3.63, 3.8) is 0 Å². The van der Waals surface area contributed by atoms with Crippen LogP contribution in [-0.4, -0.2) is 40.6 Å². The Morgan fingerprint density at radius 3 is 1.23 bits per heavy atom. The normalized spacial score (nSPS) is 8.92. The summed E-state index contributed by atoms with van der Waals surface area (Å²) in [6, 6.07) is 0. The third-order valence-corrected chi connectivity index (χ3v) is 0.289. The Hall–Kier alpha value is -0.334. The Morgan fingerprint density at radius 1 is 1.08 bits per heavy atom. The number of aliphatic carboxylic acids is 2. The number of carbonyl (C=O) groups is 2. The van der Waals surface area contributed by atoms with Gasteiger partial charge in [-0.15, -0.1) is 5.60 Å². The predicted molar refractivity (Wildman–Crippen MR) is 40.1 cm³/mol. The van der Waals surface area contributed by atoms with Crippen LogP contribution in [0, 0.1) is 0 Å². The first-order valence-corrected chi connectivity index (χ1v) is 3.23. The zero-order chi connectivity index (χ0) is 10.4. The Morgan fingerprint density at radius 2 is 1.23 bits per heavy atom. The van der Waals surface area contributed by atoms with E-state index in [1.54, 1.807) is 20.8 Å². The molecule has 0 aliphatic rings. The number of rotatable bonds is 2. The maximum absolute atomic E-state index is 10.1. The monoisotopic (exact) mass is 199 g/mol. The summed E-state index contributed by atoms with van der Waals surface area (Å²) in [5.41, 5.74) is -0.750. The van der Waals surface area contributed by atoms with Crippen LogP contribution >= 0.6 is 0 Å². The molecular formula is C7H11MgO5-. The molecule has 0 aliphatic heterocycles. The van der Waals surface area contributed by atoms with Crippen LogP contribution in [0.3, 0.4) is 0 Å². The van der Waals surface area contributed by atoms with Crippen LogP contribution in [0.15, 0.2) is 0 Å². The topological polar surface area (TPSA) is 103 Å². The second kappa shape index (κ2) is 8.27. The van der Waals surface area contributed by atoms with Crippen LogP contribution in [0.4, 0.5) is 0 Å². The van der Waals surface area contributed by atoms with Crippen LogP contribution in [0.5, 0.6) is 0 Å².